The van der Waals surface area contributed by atoms with E-state index in [4.69, 9.17) is 33.0 Å². The van der Waals surface area contributed by atoms with E-state index in [1.807, 2.05) is 13.8 Å². The molecule has 0 bridgehead atoms. The van der Waals surface area contributed by atoms with Crippen LogP contribution in [-0.2, 0) is 16.6 Å². The quantitative estimate of drug-likeness (QED) is 0.310. The van der Waals surface area contributed by atoms with Crippen LogP contribution >= 0.6 is 0 Å². The number of nitrogens with zero attached hydrogens (tertiary/aromatic N) is 5. The van der Waals surface area contributed by atoms with Crippen LogP contribution in [0.25, 0.3) is 11.3 Å². The molecule has 2 fully saturated rings. The lowest BCUT2D eigenvalue weighted by Gasteiger charge is -2.35. The largest absolute Gasteiger partial charge is 0.494 e. The van der Waals surface area contributed by atoms with Crippen LogP contribution in [0.1, 0.15) is 47.7 Å². The number of rotatable bonds is 9. The van der Waals surface area contributed by atoms with E-state index in [9.17, 15) is 14.4 Å². The zero-order chi connectivity index (χ0) is 31.8. The fraction of sp³-hybridized carbons (Fsp3) is 0.429. The highest BCUT2D eigenvalue weighted by Crippen LogP contribution is 2.38. The minimum Gasteiger partial charge on any atom is -0.494 e. The Morgan fingerprint density at radius 3 is 2.39 bits per heavy atom. The number of hydrogen-bond donors (Lipinski definition) is 3. The molecule has 5 rings (SSSR count). The summed E-state index contributed by atoms with van der Waals surface area (Å²) in [5.74, 6) is -0.719. The summed E-state index contributed by atoms with van der Waals surface area (Å²) in [6.07, 6.45) is 1.44. The number of aryl methyl sites for hydroxylation is 1. The lowest BCUT2D eigenvalue weighted by molar-refractivity contribution is -0.117. The number of ether oxygens (including phenoxy) is 2. The predicted molar refractivity (Wildman–Crippen MR) is 165 cm³/mol. The molecule has 6 radical (unpaired) electrons. The Labute approximate surface area is 259 Å². The number of anilines is 3. The van der Waals surface area contributed by atoms with E-state index in [-0.39, 0.29) is 47.1 Å². The number of carbonyl (C=O) groups excluding carboxylic acids is 3. The van der Waals surface area contributed by atoms with Gasteiger partial charge in [0.2, 0.25) is 5.91 Å². The van der Waals surface area contributed by atoms with E-state index in [1.54, 1.807) is 36.2 Å². The monoisotopic (exact) mass is 592 g/mol. The van der Waals surface area contributed by atoms with E-state index in [0.29, 0.717) is 41.5 Å². The molecule has 2 atom stereocenters. The van der Waals surface area contributed by atoms with Crippen molar-refractivity contribution in [3.63, 3.8) is 0 Å². The fourth-order valence-electron chi connectivity index (χ4n) is 5.05. The molecule has 1 aliphatic heterocycles. The first-order valence-electron chi connectivity index (χ1n) is 14.1. The summed E-state index contributed by atoms with van der Waals surface area (Å²) in [5, 5.41) is 18.7. The van der Waals surface area contributed by atoms with Crippen LogP contribution in [0.5, 0.6) is 5.75 Å². The Bertz CT molecular complexity index is 1580. The maximum absolute atomic E-state index is 13.4. The molecular weight excluding hydrogens is 561 g/mol. The second kappa shape index (κ2) is 12.3. The predicted octanol–water partition coefficient (Wildman–Crippen LogP) is 1.07. The number of hydrogen-bond acceptors (Lipinski definition) is 9. The van der Waals surface area contributed by atoms with Crippen LogP contribution in [-0.4, -0.2) is 104 Å². The van der Waals surface area contributed by atoms with Gasteiger partial charge in [-0.15, -0.1) is 10.2 Å². The Hall–Kier alpha value is -4.33. The fourth-order valence-corrected chi connectivity index (χ4v) is 5.05. The normalized spacial score (nSPS) is 18.4. The number of para-hydroxylation sites is 1. The van der Waals surface area contributed by atoms with Gasteiger partial charge in [0, 0.05) is 37.7 Å². The lowest BCUT2D eigenvalue weighted by Crippen LogP contribution is -2.50. The zero-order valence-electron chi connectivity index (χ0n) is 25.0. The van der Waals surface area contributed by atoms with Gasteiger partial charge in [0.15, 0.2) is 17.3 Å². The summed E-state index contributed by atoms with van der Waals surface area (Å²) in [5.41, 5.74) is 1.89. The number of amides is 3. The molecule has 3 amide bonds. The van der Waals surface area contributed by atoms with Gasteiger partial charge in [0.05, 0.1) is 59.9 Å². The molecule has 1 saturated carbocycles. The van der Waals surface area contributed by atoms with Crippen molar-refractivity contribution in [1.82, 2.24) is 30.2 Å². The second-order valence-corrected chi connectivity index (χ2v) is 11.2. The molecule has 3 heterocycles. The molecule has 1 aromatic carbocycles. The third-order valence-electron chi connectivity index (χ3n) is 7.11. The molecule has 0 spiro atoms. The number of morpholine rings is 1. The van der Waals surface area contributed by atoms with Crippen LogP contribution in [0, 0.1) is 5.92 Å². The first-order chi connectivity index (χ1) is 20.8. The Kier molecular flexibility index (Phi) is 8.73. The highest BCUT2D eigenvalue weighted by atomic mass is 16.5. The molecule has 2 aliphatic rings. The molecule has 13 nitrogen and oxygen atoms in total. The van der Waals surface area contributed by atoms with Gasteiger partial charge in [-0.3, -0.25) is 19.1 Å². The highest BCUT2D eigenvalue weighted by molar-refractivity contribution is 6.60. The van der Waals surface area contributed by atoms with E-state index in [0.717, 1.165) is 12.8 Å². The Balaban J connectivity index is 1.48. The average molecular weight is 592 g/mol. The van der Waals surface area contributed by atoms with Gasteiger partial charge < -0.3 is 30.3 Å². The van der Waals surface area contributed by atoms with E-state index in [2.05, 4.69) is 31.2 Å². The van der Waals surface area contributed by atoms with E-state index >= 15 is 0 Å². The van der Waals surface area contributed by atoms with Crippen molar-refractivity contribution in [3.8, 4) is 17.0 Å². The number of nitrogens with one attached hydrogen (secondary N) is 3. The van der Waals surface area contributed by atoms with E-state index < -0.39 is 11.1 Å². The van der Waals surface area contributed by atoms with Crippen molar-refractivity contribution >= 4 is 58.5 Å². The van der Waals surface area contributed by atoms with Crippen LogP contribution in [0.4, 0.5) is 17.2 Å². The van der Waals surface area contributed by atoms with Gasteiger partial charge in [-0.2, -0.15) is 5.10 Å². The standard InChI is InChI=1S/C28H31B3N8O5/c1-14-12-39(13-15(2)44-14)27(42)21-10-19(37-38(21)3)17-6-5-7-18(24(17)43-4)32-20-11-22(33-25(40)16-8-9-16)35-36-23(20)26(41)34-28(29,30)31/h5-7,10-11,14-16H,8-9,12-13H2,1-4H3,(H,34,41)(H2,32,33,35,40)/t14-,15+. The third kappa shape index (κ3) is 7.07. The van der Waals surface area contributed by atoms with Gasteiger partial charge >= 0.3 is 0 Å². The maximum atomic E-state index is 13.4. The summed E-state index contributed by atoms with van der Waals surface area (Å²) in [7, 11) is 19.9. The second-order valence-electron chi connectivity index (χ2n) is 11.2. The molecule has 222 valence electrons. The van der Waals surface area contributed by atoms with Crippen molar-refractivity contribution < 1.29 is 23.9 Å². The van der Waals surface area contributed by atoms with Crippen molar-refractivity contribution in [2.24, 2.45) is 13.0 Å². The molecule has 3 aromatic rings. The molecule has 1 aliphatic carbocycles. The zero-order valence-corrected chi connectivity index (χ0v) is 25.0. The summed E-state index contributed by atoms with van der Waals surface area (Å²) < 4.78 is 13.1. The highest BCUT2D eigenvalue weighted by Gasteiger charge is 2.31. The van der Waals surface area contributed by atoms with Gasteiger partial charge in [-0.25, -0.2) is 0 Å². The van der Waals surface area contributed by atoms with Crippen molar-refractivity contribution in [3.05, 3.63) is 41.7 Å². The summed E-state index contributed by atoms with van der Waals surface area (Å²) in [6, 6.07) is 8.44. The van der Waals surface area contributed by atoms with Gasteiger partial charge in [0.1, 0.15) is 5.69 Å². The minimum atomic E-state index is -2.02. The minimum absolute atomic E-state index is 0.0774. The van der Waals surface area contributed by atoms with Gasteiger partial charge in [-0.1, -0.05) is 11.3 Å². The van der Waals surface area contributed by atoms with Crippen LogP contribution in [0.15, 0.2) is 30.3 Å². The first kappa shape index (κ1) is 31.1. The number of methoxy groups -OCH3 is 1. The molecular formula is C28H31B3N8O5. The maximum Gasteiger partial charge on any atom is 0.272 e. The summed E-state index contributed by atoms with van der Waals surface area (Å²) >= 11 is 0. The summed E-state index contributed by atoms with van der Waals surface area (Å²) in [4.78, 5) is 40.5. The lowest BCUT2D eigenvalue weighted by atomic mass is 9.49. The Morgan fingerprint density at radius 1 is 1.05 bits per heavy atom. The van der Waals surface area contributed by atoms with Crippen molar-refractivity contribution in [2.45, 2.75) is 44.1 Å². The molecule has 3 N–H and O–H groups in total. The SMILES string of the molecule is [B]C([B])([B])NC(=O)c1nnc(NC(=O)C2CC2)cc1Nc1cccc(-c2cc(C(=O)N3C[C@@H](C)O[C@@H](C)C3)n(C)n2)c1OC. The molecule has 44 heavy (non-hydrogen) atoms. The number of aromatic nitrogens is 4. The van der Waals surface area contributed by atoms with Crippen LogP contribution in [0.2, 0.25) is 0 Å². The number of carbonyl (C=O) groups is 3. The molecule has 0 unspecified atom stereocenters. The summed E-state index contributed by atoms with van der Waals surface area (Å²) in [6.45, 7) is 4.82. The van der Waals surface area contributed by atoms with Crippen LogP contribution in [0.3, 0.4) is 0 Å². The van der Waals surface area contributed by atoms with Gasteiger partial charge in [-0.05, 0) is 44.9 Å². The van der Waals surface area contributed by atoms with Crippen LogP contribution < -0.4 is 20.7 Å². The Morgan fingerprint density at radius 2 is 1.75 bits per heavy atom. The van der Waals surface area contributed by atoms with Crippen molar-refractivity contribution in [1.29, 1.82) is 0 Å². The van der Waals surface area contributed by atoms with E-state index in [1.165, 1.54) is 17.9 Å². The molecule has 1 saturated heterocycles. The average Bonchev–Trinajstić information content (AvgIpc) is 3.73. The molecule has 16 heteroatoms. The van der Waals surface area contributed by atoms with Crippen molar-refractivity contribution in [2.75, 3.05) is 30.8 Å². The van der Waals surface area contributed by atoms with Gasteiger partial charge in [0.25, 0.3) is 11.8 Å². The number of benzene rings is 1. The molecule has 2 aromatic heterocycles. The smallest absolute Gasteiger partial charge is 0.272 e. The topological polar surface area (TPSA) is 153 Å². The first-order valence-corrected chi connectivity index (χ1v) is 14.1. The third-order valence-corrected chi connectivity index (χ3v) is 7.11.